The summed E-state index contributed by atoms with van der Waals surface area (Å²) in [6.45, 7) is 3.73. The van der Waals surface area contributed by atoms with Gasteiger partial charge >= 0.3 is 12.1 Å². The molecular formula is C23H21F4N3O3. The van der Waals surface area contributed by atoms with Gasteiger partial charge in [-0.3, -0.25) is 4.79 Å². The number of amides is 1. The third-order valence-electron chi connectivity index (χ3n) is 4.76. The smallest absolute Gasteiger partial charge is 0.475 e. The third kappa shape index (κ3) is 7.73. The summed E-state index contributed by atoms with van der Waals surface area (Å²) in [5.41, 5.74) is 4.09. The van der Waals surface area contributed by atoms with Crippen molar-refractivity contribution in [2.24, 2.45) is 0 Å². The van der Waals surface area contributed by atoms with Crippen LogP contribution < -0.4 is 10.6 Å². The molecule has 10 heteroatoms. The maximum absolute atomic E-state index is 14.1. The number of rotatable bonds is 3. The van der Waals surface area contributed by atoms with Crippen molar-refractivity contribution in [1.82, 2.24) is 5.32 Å². The van der Waals surface area contributed by atoms with Crippen molar-refractivity contribution >= 4 is 23.6 Å². The van der Waals surface area contributed by atoms with E-state index in [0.717, 1.165) is 37.1 Å². The number of aliphatic carboxylic acids is 1. The number of nitrogens with one attached hydrogen (secondary N) is 2. The molecule has 0 spiro atoms. The predicted octanol–water partition coefficient (Wildman–Crippen LogP) is 4.66. The van der Waals surface area contributed by atoms with Crippen LogP contribution in [0.15, 0.2) is 42.0 Å². The second kappa shape index (κ2) is 11.2. The third-order valence-corrected chi connectivity index (χ3v) is 4.76. The highest BCUT2D eigenvalue weighted by molar-refractivity contribution is 6.05. The average molecular weight is 463 g/mol. The van der Waals surface area contributed by atoms with Gasteiger partial charge < -0.3 is 15.7 Å². The van der Waals surface area contributed by atoms with Gasteiger partial charge in [0.15, 0.2) is 0 Å². The molecule has 1 aliphatic rings. The van der Waals surface area contributed by atoms with E-state index in [0.29, 0.717) is 16.8 Å². The summed E-state index contributed by atoms with van der Waals surface area (Å²) in [6.07, 6.45) is -1.18. The Hall–Kier alpha value is -3.71. The molecule has 1 aliphatic heterocycles. The fourth-order valence-electron chi connectivity index (χ4n) is 3.02. The molecular weight excluding hydrogens is 442 g/mol. The Morgan fingerprint density at radius 3 is 2.39 bits per heavy atom. The lowest BCUT2D eigenvalue weighted by Crippen LogP contribution is -2.23. The van der Waals surface area contributed by atoms with E-state index in [9.17, 15) is 22.4 Å². The van der Waals surface area contributed by atoms with Gasteiger partial charge in [0.2, 0.25) is 0 Å². The number of alkyl halides is 3. The van der Waals surface area contributed by atoms with Crippen LogP contribution in [0.2, 0.25) is 0 Å². The van der Waals surface area contributed by atoms with Crippen LogP contribution in [0.1, 0.15) is 39.9 Å². The van der Waals surface area contributed by atoms with E-state index < -0.39 is 18.0 Å². The highest BCUT2D eigenvalue weighted by Crippen LogP contribution is 2.26. The number of benzene rings is 2. The van der Waals surface area contributed by atoms with E-state index in [1.165, 1.54) is 23.8 Å². The number of piperidine rings is 1. The first-order valence-electron chi connectivity index (χ1n) is 9.83. The minimum Gasteiger partial charge on any atom is -0.475 e. The van der Waals surface area contributed by atoms with E-state index in [1.54, 1.807) is 18.2 Å². The second-order valence-corrected chi connectivity index (χ2v) is 7.17. The van der Waals surface area contributed by atoms with Gasteiger partial charge in [-0.2, -0.15) is 18.4 Å². The topological polar surface area (TPSA) is 102 Å². The maximum atomic E-state index is 14.1. The first kappa shape index (κ1) is 25.5. The fourth-order valence-corrected chi connectivity index (χ4v) is 3.02. The Kier molecular flexibility index (Phi) is 8.70. The van der Waals surface area contributed by atoms with Gasteiger partial charge in [0.05, 0.1) is 11.6 Å². The molecule has 1 saturated heterocycles. The zero-order valence-electron chi connectivity index (χ0n) is 17.6. The van der Waals surface area contributed by atoms with Gasteiger partial charge in [-0.1, -0.05) is 17.7 Å². The highest BCUT2D eigenvalue weighted by Gasteiger charge is 2.38. The molecule has 2 aromatic rings. The normalized spacial score (nSPS) is 13.3. The molecule has 0 saturated carbocycles. The lowest BCUT2D eigenvalue weighted by atomic mass is 9.98. The Morgan fingerprint density at radius 2 is 1.82 bits per heavy atom. The molecule has 1 amide bonds. The van der Waals surface area contributed by atoms with Gasteiger partial charge in [-0.05, 0) is 74.3 Å². The van der Waals surface area contributed by atoms with Crippen molar-refractivity contribution in [3.05, 3.63) is 70.0 Å². The number of halogens is 4. The number of anilines is 1. The summed E-state index contributed by atoms with van der Waals surface area (Å²) in [4.78, 5) is 21.4. The Labute approximate surface area is 187 Å². The SMILES string of the molecule is Cc1c(C=C2CCNCC2)cc(F)cc1NC(=O)c1cccc(C#N)c1.O=C(O)C(F)(F)F. The zero-order valence-corrected chi connectivity index (χ0v) is 17.6. The summed E-state index contributed by atoms with van der Waals surface area (Å²) in [5, 5.41) is 22.2. The van der Waals surface area contributed by atoms with Crippen molar-refractivity contribution < 1.29 is 32.3 Å². The van der Waals surface area contributed by atoms with Crippen molar-refractivity contribution in [3.63, 3.8) is 0 Å². The number of hydrogen-bond donors (Lipinski definition) is 3. The molecule has 33 heavy (non-hydrogen) atoms. The average Bonchev–Trinajstić information content (AvgIpc) is 2.77. The van der Waals surface area contributed by atoms with E-state index in [1.807, 2.05) is 19.1 Å². The van der Waals surface area contributed by atoms with Gasteiger partial charge in [0, 0.05) is 11.3 Å². The van der Waals surface area contributed by atoms with E-state index in [-0.39, 0.29) is 5.91 Å². The molecule has 1 fully saturated rings. The molecule has 0 radical (unpaired) electrons. The number of hydrogen-bond acceptors (Lipinski definition) is 4. The molecule has 0 aliphatic carbocycles. The standard InChI is InChI=1S/C21H20FN3O.C2HF3O2/c1-14-18(9-15-5-7-24-8-6-15)11-19(22)12-20(14)25-21(26)17-4-2-3-16(10-17)13-23;3-2(4,5)1(6)7/h2-4,9-12,24H,5-8H2,1H3,(H,25,26);(H,6,7). The zero-order chi connectivity index (χ0) is 24.6. The molecule has 3 rings (SSSR count). The minimum atomic E-state index is -5.08. The summed E-state index contributed by atoms with van der Waals surface area (Å²) >= 11 is 0. The lowest BCUT2D eigenvalue weighted by Gasteiger charge is -2.17. The lowest BCUT2D eigenvalue weighted by molar-refractivity contribution is -0.192. The monoisotopic (exact) mass is 463 g/mol. The molecule has 3 N–H and O–H groups in total. The van der Waals surface area contributed by atoms with Crippen molar-refractivity contribution in [2.75, 3.05) is 18.4 Å². The van der Waals surface area contributed by atoms with Crippen LogP contribution in [-0.4, -0.2) is 36.2 Å². The Balaban J connectivity index is 0.000000479. The van der Waals surface area contributed by atoms with Crippen LogP contribution in [0.3, 0.4) is 0 Å². The van der Waals surface area contributed by atoms with Crippen LogP contribution in [0.4, 0.5) is 23.2 Å². The number of carboxylic acid groups (broad SMARTS) is 1. The summed E-state index contributed by atoms with van der Waals surface area (Å²) in [6, 6.07) is 11.3. The number of nitrogens with zero attached hydrogens (tertiary/aromatic N) is 1. The van der Waals surface area contributed by atoms with Gasteiger partial charge in [0.25, 0.3) is 5.91 Å². The molecule has 6 nitrogen and oxygen atoms in total. The van der Waals surface area contributed by atoms with E-state index in [4.69, 9.17) is 15.2 Å². The number of carbonyl (C=O) groups excluding carboxylic acids is 1. The molecule has 0 bridgehead atoms. The van der Waals surface area contributed by atoms with Crippen LogP contribution >= 0.6 is 0 Å². The van der Waals surface area contributed by atoms with Crippen LogP contribution in [0.25, 0.3) is 6.08 Å². The van der Waals surface area contributed by atoms with Crippen molar-refractivity contribution in [3.8, 4) is 6.07 Å². The first-order valence-corrected chi connectivity index (χ1v) is 9.83. The summed E-state index contributed by atoms with van der Waals surface area (Å²) in [5.74, 6) is -3.51. The fraction of sp³-hybridized carbons (Fsp3) is 0.261. The van der Waals surface area contributed by atoms with Crippen molar-refractivity contribution in [2.45, 2.75) is 25.9 Å². The molecule has 1 heterocycles. The van der Waals surface area contributed by atoms with Crippen LogP contribution in [0, 0.1) is 24.1 Å². The summed E-state index contributed by atoms with van der Waals surface area (Å²) in [7, 11) is 0. The van der Waals surface area contributed by atoms with Gasteiger partial charge in [-0.15, -0.1) is 0 Å². The Bertz CT molecular complexity index is 1100. The molecule has 0 aromatic heterocycles. The predicted molar refractivity (Wildman–Crippen MR) is 114 cm³/mol. The molecule has 0 unspecified atom stereocenters. The number of nitriles is 1. The van der Waals surface area contributed by atoms with Gasteiger partial charge in [0.1, 0.15) is 5.82 Å². The highest BCUT2D eigenvalue weighted by atomic mass is 19.4. The minimum absolute atomic E-state index is 0.365. The van der Waals surface area contributed by atoms with Crippen molar-refractivity contribution in [1.29, 1.82) is 5.26 Å². The maximum Gasteiger partial charge on any atom is 0.490 e. The largest absolute Gasteiger partial charge is 0.490 e. The van der Waals surface area contributed by atoms with E-state index in [2.05, 4.69) is 10.6 Å². The first-order chi connectivity index (χ1) is 15.5. The molecule has 0 atom stereocenters. The van der Waals surface area contributed by atoms with Gasteiger partial charge in [-0.25, -0.2) is 9.18 Å². The molecule has 174 valence electrons. The number of carbonyl (C=O) groups is 2. The quantitative estimate of drug-likeness (QED) is 0.575. The molecule has 2 aromatic carbocycles. The Morgan fingerprint density at radius 1 is 1.18 bits per heavy atom. The summed E-state index contributed by atoms with van der Waals surface area (Å²) < 4.78 is 45.8. The van der Waals surface area contributed by atoms with Crippen LogP contribution in [-0.2, 0) is 4.79 Å². The number of carboxylic acids is 1. The second-order valence-electron chi connectivity index (χ2n) is 7.17. The van der Waals surface area contributed by atoms with E-state index >= 15 is 0 Å². The van der Waals surface area contributed by atoms with Crippen LogP contribution in [0.5, 0.6) is 0 Å².